The summed E-state index contributed by atoms with van der Waals surface area (Å²) in [5, 5.41) is 6.06. The maximum atomic E-state index is 13.1. The predicted molar refractivity (Wildman–Crippen MR) is 132 cm³/mol. The third-order valence-corrected chi connectivity index (χ3v) is 5.93. The molecule has 1 heterocycles. The number of methoxy groups -OCH3 is 1. The van der Waals surface area contributed by atoms with Gasteiger partial charge >= 0.3 is 12.0 Å². The van der Waals surface area contributed by atoms with E-state index < -0.39 is 18.0 Å². The summed E-state index contributed by atoms with van der Waals surface area (Å²) >= 11 is 6.25. The van der Waals surface area contributed by atoms with Crippen LogP contribution in [0.5, 0.6) is 11.5 Å². The van der Waals surface area contributed by atoms with Crippen LogP contribution in [-0.2, 0) is 22.7 Å². The minimum Gasteiger partial charge on any atom is -0.493 e. The fourth-order valence-corrected chi connectivity index (χ4v) is 3.96. The van der Waals surface area contributed by atoms with Crippen molar-refractivity contribution in [2.45, 2.75) is 26.2 Å². The van der Waals surface area contributed by atoms with E-state index in [1.54, 1.807) is 38.3 Å². The lowest BCUT2D eigenvalue weighted by Crippen LogP contribution is -2.45. The molecule has 2 amide bonds. The number of nitrogens with one attached hydrogen (secondary N) is 2. The molecule has 35 heavy (non-hydrogen) atoms. The summed E-state index contributed by atoms with van der Waals surface area (Å²) in [7, 11) is 1.54. The second-order valence-corrected chi connectivity index (χ2v) is 8.33. The molecule has 0 spiro atoms. The second kappa shape index (κ2) is 11.0. The SMILES string of the molecule is COc1ccc(C2NC(=O)NC(C)=C2C(=O)OCc2ccccc2)cc1OCc1ccccc1Cl. The number of ether oxygens (including phenoxy) is 3. The summed E-state index contributed by atoms with van der Waals surface area (Å²) < 4.78 is 17.0. The van der Waals surface area contributed by atoms with E-state index in [1.165, 1.54) is 0 Å². The number of rotatable bonds is 8. The van der Waals surface area contributed by atoms with Gasteiger partial charge in [-0.25, -0.2) is 9.59 Å². The van der Waals surface area contributed by atoms with E-state index in [-0.39, 0.29) is 13.2 Å². The van der Waals surface area contributed by atoms with Gasteiger partial charge in [0.25, 0.3) is 0 Å². The Hall–Kier alpha value is -3.97. The highest BCUT2D eigenvalue weighted by atomic mass is 35.5. The van der Waals surface area contributed by atoms with Gasteiger partial charge in [-0.1, -0.05) is 66.2 Å². The van der Waals surface area contributed by atoms with Crippen molar-refractivity contribution in [2.24, 2.45) is 0 Å². The van der Waals surface area contributed by atoms with Crippen LogP contribution in [0.1, 0.15) is 29.7 Å². The molecule has 0 bridgehead atoms. The Morgan fingerprint density at radius 2 is 1.71 bits per heavy atom. The molecule has 1 aliphatic heterocycles. The Morgan fingerprint density at radius 1 is 0.971 bits per heavy atom. The van der Waals surface area contributed by atoms with Crippen molar-refractivity contribution in [3.63, 3.8) is 0 Å². The molecule has 0 saturated heterocycles. The highest BCUT2D eigenvalue weighted by Crippen LogP contribution is 2.35. The van der Waals surface area contributed by atoms with E-state index in [4.69, 9.17) is 25.8 Å². The van der Waals surface area contributed by atoms with E-state index in [1.807, 2.05) is 48.5 Å². The first-order valence-electron chi connectivity index (χ1n) is 11.0. The maximum absolute atomic E-state index is 13.1. The van der Waals surface area contributed by atoms with Crippen LogP contribution >= 0.6 is 11.6 Å². The summed E-state index contributed by atoms with van der Waals surface area (Å²) in [6.45, 7) is 2.01. The third-order valence-electron chi connectivity index (χ3n) is 5.56. The fraction of sp³-hybridized carbons (Fsp3) is 0.185. The largest absolute Gasteiger partial charge is 0.493 e. The molecule has 1 unspecified atom stereocenters. The highest BCUT2D eigenvalue weighted by Gasteiger charge is 2.33. The first-order valence-corrected chi connectivity index (χ1v) is 11.4. The van der Waals surface area contributed by atoms with Gasteiger partial charge in [-0.3, -0.25) is 0 Å². The maximum Gasteiger partial charge on any atom is 0.338 e. The Morgan fingerprint density at radius 3 is 2.46 bits per heavy atom. The number of esters is 1. The zero-order chi connectivity index (χ0) is 24.8. The lowest BCUT2D eigenvalue weighted by Gasteiger charge is -2.28. The molecule has 2 N–H and O–H groups in total. The van der Waals surface area contributed by atoms with Crippen molar-refractivity contribution >= 4 is 23.6 Å². The molecule has 3 aromatic carbocycles. The molecule has 3 aromatic rings. The van der Waals surface area contributed by atoms with Gasteiger partial charge in [0.15, 0.2) is 11.5 Å². The number of carbonyl (C=O) groups excluding carboxylic acids is 2. The Bertz CT molecular complexity index is 1260. The number of hydrogen-bond acceptors (Lipinski definition) is 5. The number of benzene rings is 3. The van der Waals surface area contributed by atoms with Gasteiger partial charge in [-0.05, 0) is 36.2 Å². The molecule has 0 saturated carbocycles. The summed E-state index contributed by atoms with van der Waals surface area (Å²) in [6, 6.07) is 20.9. The molecule has 7 nitrogen and oxygen atoms in total. The highest BCUT2D eigenvalue weighted by molar-refractivity contribution is 6.31. The van der Waals surface area contributed by atoms with E-state index in [9.17, 15) is 9.59 Å². The topological polar surface area (TPSA) is 85.9 Å². The molecule has 0 aromatic heterocycles. The summed E-state index contributed by atoms with van der Waals surface area (Å²) in [5.41, 5.74) is 3.05. The summed E-state index contributed by atoms with van der Waals surface area (Å²) in [4.78, 5) is 25.4. The van der Waals surface area contributed by atoms with E-state index in [0.717, 1.165) is 11.1 Å². The molecule has 180 valence electrons. The van der Waals surface area contributed by atoms with Crippen molar-refractivity contribution in [2.75, 3.05) is 7.11 Å². The fourth-order valence-electron chi connectivity index (χ4n) is 3.77. The van der Waals surface area contributed by atoms with Gasteiger partial charge in [-0.2, -0.15) is 0 Å². The Balaban J connectivity index is 1.59. The van der Waals surface area contributed by atoms with Gasteiger partial charge in [0, 0.05) is 16.3 Å². The minimum atomic E-state index is -0.736. The number of allylic oxidation sites excluding steroid dienone is 1. The average Bonchev–Trinajstić information content (AvgIpc) is 2.87. The number of urea groups is 1. The lowest BCUT2D eigenvalue weighted by molar-refractivity contribution is -0.140. The van der Waals surface area contributed by atoms with Crippen LogP contribution in [0.4, 0.5) is 4.79 Å². The quantitative estimate of drug-likeness (QED) is 0.417. The second-order valence-electron chi connectivity index (χ2n) is 7.92. The first kappa shape index (κ1) is 24.2. The zero-order valence-corrected chi connectivity index (χ0v) is 20.1. The van der Waals surface area contributed by atoms with Crippen molar-refractivity contribution in [1.82, 2.24) is 10.6 Å². The molecule has 1 aliphatic rings. The minimum absolute atomic E-state index is 0.117. The molecule has 8 heteroatoms. The first-order chi connectivity index (χ1) is 17.0. The van der Waals surface area contributed by atoms with Crippen LogP contribution in [0.3, 0.4) is 0 Å². The van der Waals surface area contributed by atoms with Crippen molar-refractivity contribution < 1.29 is 23.8 Å². The van der Waals surface area contributed by atoms with Crippen molar-refractivity contribution in [1.29, 1.82) is 0 Å². The average molecular weight is 493 g/mol. The van der Waals surface area contributed by atoms with Gasteiger partial charge in [-0.15, -0.1) is 0 Å². The lowest BCUT2D eigenvalue weighted by atomic mass is 9.95. The smallest absolute Gasteiger partial charge is 0.338 e. The number of hydrogen-bond donors (Lipinski definition) is 2. The molecular formula is C27H25ClN2O5. The molecule has 0 aliphatic carbocycles. The third kappa shape index (κ3) is 5.75. The molecule has 0 fully saturated rings. The van der Waals surface area contributed by atoms with Crippen LogP contribution in [0.15, 0.2) is 84.1 Å². The van der Waals surface area contributed by atoms with Crippen LogP contribution in [0.25, 0.3) is 0 Å². The van der Waals surface area contributed by atoms with Crippen LogP contribution < -0.4 is 20.1 Å². The van der Waals surface area contributed by atoms with Crippen molar-refractivity contribution in [3.8, 4) is 11.5 Å². The standard InChI is InChI=1S/C27H25ClN2O5/c1-17-24(26(31)35-15-18-8-4-3-5-9-18)25(30-27(32)29-17)19-12-13-22(33-2)23(14-19)34-16-20-10-6-7-11-21(20)28/h3-14,25H,15-16H2,1-2H3,(H2,29,30,32). The van der Waals surface area contributed by atoms with E-state index in [0.29, 0.717) is 33.4 Å². The predicted octanol–water partition coefficient (Wildman–Crippen LogP) is 5.30. The van der Waals surface area contributed by atoms with E-state index >= 15 is 0 Å². The summed E-state index contributed by atoms with van der Waals surface area (Å²) in [5.74, 6) is 0.431. The normalized spacial score (nSPS) is 15.2. The summed E-state index contributed by atoms with van der Waals surface area (Å²) in [6.07, 6.45) is 0. The van der Waals surface area contributed by atoms with Gasteiger partial charge < -0.3 is 24.8 Å². The number of halogens is 1. The van der Waals surface area contributed by atoms with Crippen LogP contribution in [0.2, 0.25) is 5.02 Å². The van der Waals surface area contributed by atoms with Gasteiger partial charge in [0.05, 0.1) is 18.7 Å². The molecule has 0 radical (unpaired) electrons. The Kier molecular flexibility index (Phi) is 7.57. The van der Waals surface area contributed by atoms with E-state index in [2.05, 4.69) is 10.6 Å². The number of carbonyl (C=O) groups is 2. The number of amides is 2. The molecule has 1 atom stereocenters. The van der Waals surface area contributed by atoms with Gasteiger partial charge in [0.1, 0.15) is 13.2 Å². The molecule has 4 rings (SSSR count). The van der Waals surface area contributed by atoms with Crippen LogP contribution in [-0.4, -0.2) is 19.1 Å². The molecular weight excluding hydrogens is 468 g/mol. The van der Waals surface area contributed by atoms with Crippen molar-refractivity contribution in [3.05, 3.63) is 106 Å². The monoisotopic (exact) mass is 492 g/mol. The zero-order valence-electron chi connectivity index (χ0n) is 19.3. The van der Waals surface area contributed by atoms with Crippen LogP contribution in [0, 0.1) is 0 Å². The Labute approximate surface area is 208 Å². The van der Waals surface area contributed by atoms with Gasteiger partial charge in [0.2, 0.25) is 0 Å².